The first-order valence-electron chi connectivity index (χ1n) is 10.5. The van der Waals surface area contributed by atoms with Crippen LogP contribution in [0.3, 0.4) is 0 Å². The number of amides is 2. The SMILES string of the molecule is CN(C)CCc1ccc(NC(=O)CC(NC(=O)c2ccccc2)c2ccccc2)cc1. The molecule has 0 aliphatic carbocycles. The molecule has 0 saturated heterocycles. The predicted octanol–water partition coefficient (Wildman–Crippen LogP) is 4.29. The van der Waals surface area contributed by atoms with Gasteiger partial charge in [0.25, 0.3) is 5.91 Å². The third-order valence-electron chi connectivity index (χ3n) is 5.02. The van der Waals surface area contributed by atoms with Crippen molar-refractivity contribution in [3.63, 3.8) is 0 Å². The molecule has 0 bridgehead atoms. The van der Waals surface area contributed by atoms with Crippen LogP contribution >= 0.6 is 0 Å². The number of nitrogens with zero attached hydrogens (tertiary/aromatic N) is 1. The first kappa shape index (κ1) is 22.2. The van der Waals surface area contributed by atoms with Crippen molar-refractivity contribution in [2.45, 2.75) is 18.9 Å². The lowest BCUT2D eigenvalue weighted by molar-refractivity contribution is -0.116. The lowest BCUT2D eigenvalue weighted by atomic mass is 10.0. The largest absolute Gasteiger partial charge is 0.345 e. The van der Waals surface area contributed by atoms with Crippen molar-refractivity contribution in [1.82, 2.24) is 10.2 Å². The molecule has 0 radical (unpaired) electrons. The minimum atomic E-state index is -0.423. The number of hydrogen-bond acceptors (Lipinski definition) is 3. The second-order valence-electron chi connectivity index (χ2n) is 7.81. The number of carbonyl (C=O) groups is 2. The van der Waals surface area contributed by atoms with Crippen molar-refractivity contribution in [3.8, 4) is 0 Å². The van der Waals surface area contributed by atoms with E-state index in [9.17, 15) is 9.59 Å². The van der Waals surface area contributed by atoms with Gasteiger partial charge in [-0.1, -0.05) is 60.7 Å². The van der Waals surface area contributed by atoms with E-state index < -0.39 is 6.04 Å². The van der Waals surface area contributed by atoms with Crippen LogP contribution in [0, 0.1) is 0 Å². The summed E-state index contributed by atoms with van der Waals surface area (Å²) < 4.78 is 0. The molecule has 3 aromatic rings. The first-order chi connectivity index (χ1) is 15.0. The maximum atomic E-state index is 12.7. The Bertz CT molecular complexity index is 971. The molecular formula is C26H29N3O2. The van der Waals surface area contributed by atoms with Crippen molar-refractivity contribution in [1.29, 1.82) is 0 Å². The Hall–Kier alpha value is -3.44. The van der Waals surface area contributed by atoms with Gasteiger partial charge in [-0.25, -0.2) is 0 Å². The number of carbonyl (C=O) groups excluding carboxylic acids is 2. The van der Waals surface area contributed by atoms with Crippen LogP contribution in [0.25, 0.3) is 0 Å². The Labute approximate surface area is 184 Å². The van der Waals surface area contributed by atoms with Gasteiger partial charge in [-0.15, -0.1) is 0 Å². The highest BCUT2D eigenvalue weighted by Crippen LogP contribution is 2.19. The van der Waals surface area contributed by atoms with E-state index in [0.717, 1.165) is 24.2 Å². The summed E-state index contributed by atoms with van der Waals surface area (Å²) >= 11 is 0. The molecule has 5 nitrogen and oxygen atoms in total. The smallest absolute Gasteiger partial charge is 0.251 e. The van der Waals surface area contributed by atoms with E-state index in [0.29, 0.717) is 5.56 Å². The Morgan fingerprint density at radius 1 is 0.839 bits per heavy atom. The lowest BCUT2D eigenvalue weighted by Crippen LogP contribution is -2.31. The standard InChI is InChI=1S/C26H29N3O2/c1-29(2)18-17-20-13-15-23(16-14-20)27-25(30)19-24(21-9-5-3-6-10-21)28-26(31)22-11-7-4-8-12-22/h3-16,24H,17-19H2,1-2H3,(H,27,30)(H,28,31). The fraction of sp³-hybridized carbons (Fsp3) is 0.231. The first-order valence-corrected chi connectivity index (χ1v) is 10.5. The molecule has 3 aromatic carbocycles. The van der Waals surface area contributed by atoms with Crippen LogP contribution in [-0.2, 0) is 11.2 Å². The minimum absolute atomic E-state index is 0.144. The number of nitrogens with one attached hydrogen (secondary N) is 2. The molecule has 2 amide bonds. The van der Waals surface area contributed by atoms with Gasteiger partial charge in [-0.2, -0.15) is 0 Å². The normalized spacial score (nSPS) is 11.7. The maximum absolute atomic E-state index is 12.7. The maximum Gasteiger partial charge on any atom is 0.251 e. The molecule has 1 unspecified atom stereocenters. The van der Waals surface area contributed by atoms with Crippen LogP contribution in [0.4, 0.5) is 5.69 Å². The third-order valence-corrected chi connectivity index (χ3v) is 5.02. The average Bonchev–Trinajstić information content (AvgIpc) is 2.79. The summed E-state index contributed by atoms with van der Waals surface area (Å²) in [5.74, 6) is -0.351. The van der Waals surface area contributed by atoms with Gasteiger partial charge >= 0.3 is 0 Å². The van der Waals surface area contributed by atoms with Crippen LogP contribution in [0.15, 0.2) is 84.9 Å². The molecule has 3 rings (SSSR count). The number of rotatable bonds is 9. The molecule has 5 heteroatoms. The van der Waals surface area contributed by atoms with E-state index >= 15 is 0 Å². The van der Waals surface area contributed by atoms with Crippen molar-refractivity contribution in [2.24, 2.45) is 0 Å². The fourth-order valence-electron chi connectivity index (χ4n) is 3.27. The number of hydrogen-bond donors (Lipinski definition) is 2. The number of likely N-dealkylation sites (N-methyl/N-ethyl adjacent to an activating group) is 1. The van der Waals surface area contributed by atoms with Gasteiger partial charge in [0.05, 0.1) is 12.5 Å². The van der Waals surface area contributed by atoms with Crippen LogP contribution in [0.5, 0.6) is 0 Å². The van der Waals surface area contributed by atoms with Crippen molar-refractivity contribution in [2.75, 3.05) is 26.0 Å². The molecule has 0 aliphatic rings. The molecule has 160 valence electrons. The summed E-state index contributed by atoms with van der Waals surface area (Å²) in [6, 6.07) is 26.1. The van der Waals surface area contributed by atoms with E-state index in [-0.39, 0.29) is 18.2 Å². The molecule has 2 N–H and O–H groups in total. The summed E-state index contributed by atoms with van der Waals surface area (Å²) in [6.07, 6.45) is 1.10. The molecule has 31 heavy (non-hydrogen) atoms. The Kier molecular flexibility index (Phi) is 7.96. The number of anilines is 1. The molecule has 0 aliphatic heterocycles. The van der Waals surface area contributed by atoms with Crippen molar-refractivity contribution in [3.05, 3.63) is 102 Å². The zero-order chi connectivity index (χ0) is 22.1. The highest BCUT2D eigenvalue weighted by atomic mass is 16.2. The van der Waals surface area contributed by atoms with E-state index in [4.69, 9.17) is 0 Å². The molecule has 1 atom stereocenters. The zero-order valence-electron chi connectivity index (χ0n) is 18.0. The zero-order valence-corrected chi connectivity index (χ0v) is 18.0. The van der Waals surface area contributed by atoms with Gasteiger partial charge in [0, 0.05) is 17.8 Å². The minimum Gasteiger partial charge on any atom is -0.345 e. The van der Waals surface area contributed by atoms with Crippen LogP contribution in [0.1, 0.15) is 33.9 Å². The Morgan fingerprint density at radius 2 is 1.45 bits per heavy atom. The van der Waals surface area contributed by atoms with Crippen molar-refractivity contribution < 1.29 is 9.59 Å². The summed E-state index contributed by atoms with van der Waals surface area (Å²) in [6.45, 7) is 0.978. The summed E-state index contributed by atoms with van der Waals surface area (Å²) in [7, 11) is 4.10. The summed E-state index contributed by atoms with van der Waals surface area (Å²) in [4.78, 5) is 27.6. The van der Waals surface area contributed by atoms with Gasteiger partial charge in [-0.05, 0) is 55.9 Å². The fourth-order valence-corrected chi connectivity index (χ4v) is 3.27. The van der Waals surface area contributed by atoms with Gasteiger partial charge in [0.1, 0.15) is 0 Å². The quantitative estimate of drug-likeness (QED) is 0.548. The molecule has 0 heterocycles. The third kappa shape index (κ3) is 7.08. The lowest BCUT2D eigenvalue weighted by Gasteiger charge is -2.19. The second kappa shape index (κ2) is 11.1. The Morgan fingerprint density at radius 3 is 2.06 bits per heavy atom. The Balaban J connectivity index is 1.65. The van der Waals surface area contributed by atoms with Gasteiger partial charge in [-0.3, -0.25) is 9.59 Å². The molecule has 0 aromatic heterocycles. The van der Waals surface area contributed by atoms with E-state index in [1.54, 1.807) is 12.1 Å². The van der Waals surface area contributed by atoms with E-state index in [1.807, 2.05) is 86.9 Å². The molecule has 0 fully saturated rings. The summed E-state index contributed by atoms with van der Waals surface area (Å²) in [5, 5.41) is 5.94. The van der Waals surface area contributed by atoms with Gasteiger partial charge < -0.3 is 15.5 Å². The average molecular weight is 416 g/mol. The van der Waals surface area contributed by atoms with Crippen molar-refractivity contribution >= 4 is 17.5 Å². The second-order valence-corrected chi connectivity index (χ2v) is 7.81. The van der Waals surface area contributed by atoms with Crippen LogP contribution in [0.2, 0.25) is 0 Å². The number of benzene rings is 3. The molecular weight excluding hydrogens is 386 g/mol. The highest BCUT2D eigenvalue weighted by molar-refractivity contribution is 5.95. The molecule has 0 saturated carbocycles. The topological polar surface area (TPSA) is 61.4 Å². The van der Waals surface area contributed by atoms with Crippen LogP contribution in [-0.4, -0.2) is 37.4 Å². The van der Waals surface area contributed by atoms with Gasteiger partial charge in [0.2, 0.25) is 5.91 Å². The van der Waals surface area contributed by atoms with Gasteiger partial charge in [0.15, 0.2) is 0 Å². The predicted molar refractivity (Wildman–Crippen MR) is 125 cm³/mol. The summed E-state index contributed by atoms with van der Waals surface area (Å²) in [5.41, 5.74) is 3.43. The van der Waals surface area contributed by atoms with Crippen LogP contribution < -0.4 is 10.6 Å². The van der Waals surface area contributed by atoms with E-state index in [1.165, 1.54) is 5.56 Å². The molecule has 0 spiro atoms. The van der Waals surface area contributed by atoms with E-state index in [2.05, 4.69) is 15.5 Å². The highest BCUT2D eigenvalue weighted by Gasteiger charge is 2.19. The monoisotopic (exact) mass is 415 g/mol.